The summed E-state index contributed by atoms with van der Waals surface area (Å²) in [4.78, 5) is 14.1. The Morgan fingerprint density at radius 3 is 2.88 bits per heavy atom. The van der Waals surface area contributed by atoms with Gasteiger partial charge in [0.2, 0.25) is 5.91 Å². The molecule has 2 N–H and O–H groups in total. The highest BCUT2D eigenvalue weighted by Crippen LogP contribution is 2.20. The van der Waals surface area contributed by atoms with Crippen LogP contribution in [0.3, 0.4) is 0 Å². The predicted molar refractivity (Wildman–Crippen MR) is 72.2 cm³/mol. The summed E-state index contributed by atoms with van der Waals surface area (Å²) < 4.78 is 5.34. The van der Waals surface area contributed by atoms with Gasteiger partial charge in [-0.2, -0.15) is 11.8 Å². The molecule has 3 atom stereocenters. The van der Waals surface area contributed by atoms with Crippen molar-refractivity contribution in [1.82, 2.24) is 4.90 Å². The Balaban J connectivity index is 2.46. The van der Waals surface area contributed by atoms with Gasteiger partial charge >= 0.3 is 0 Å². The molecule has 1 fully saturated rings. The Morgan fingerprint density at radius 2 is 2.35 bits per heavy atom. The van der Waals surface area contributed by atoms with E-state index >= 15 is 0 Å². The Morgan fingerprint density at radius 1 is 1.65 bits per heavy atom. The van der Waals surface area contributed by atoms with E-state index in [2.05, 4.69) is 6.92 Å². The van der Waals surface area contributed by atoms with Crippen molar-refractivity contribution in [2.45, 2.75) is 44.4 Å². The minimum atomic E-state index is -0.344. The molecule has 1 aliphatic heterocycles. The Bertz CT molecular complexity index is 251. The van der Waals surface area contributed by atoms with Crippen LogP contribution in [-0.2, 0) is 9.53 Å². The molecular formula is C12H24N2O2S. The molecule has 0 aromatic carbocycles. The van der Waals surface area contributed by atoms with E-state index in [9.17, 15) is 4.79 Å². The number of methoxy groups -OCH3 is 1. The van der Waals surface area contributed by atoms with E-state index in [1.54, 1.807) is 18.9 Å². The average molecular weight is 260 g/mol. The highest BCUT2D eigenvalue weighted by Gasteiger charge is 2.30. The van der Waals surface area contributed by atoms with Crippen LogP contribution in [0.1, 0.15) is 26.2 Å². The number of hydrogen-bond donors (Lipinski definition) is 1. The summed E-state index contributed by atoms with van der Waals surface area (Å²) in [6, 6.07) is -0.106. The van der Waals surface area contributed by atoms with Crippen molar-refractivity contribution in [3.05, 3.63) is 0 Å². The number of hydrogen-bond acceptors (Lipinski definition) is 4. The van der Waals surface area contributed by atoms with E-state index in [-0.39, 0.29) is 24.1 Å². The van der Waals surface area contributed by atoms with Crippen LogP contribution in [-0.4, -0.2) is 54.7 Å². The molecule has 5 heteroatoms. The summed E-state index contributed by atoms with van der Waals surface area (Å²) in [5.41, 5.74) is 5.93. The second-order valence-corrected chi connectivity index (χ2v) is 5.64. The number of carbonyl (C=O) groups excluding carboxylic acids is 1. The number of rotatable bonds is 5. The first-order chi connectivity index (χ1) is 8.10. The highest BCUT2D eigenvalue weighted by molar-refractivity contribution is 7.98. The van der Waals surface area contributed by atoms with Gasteiger partial charge in [-0.1, -0.05) is 0 Å². The van der Waals surface area contributed by atoms with Crippen molar-refractivity contribution in [1.29, 1.82) is 0 Å². The average Bonchev–Trinajstić information content (AvgIpc) is 2.34. The number of ether oxygens (including phenoxy) is 1. The normalized spacial score (nSPS) is 26.9. The van der Waals surface area contributed by atoms with E-state index in [1.165, 1.54) is 0 Å². The SMILES string of the molecule is COC1CCN(C(=O)[C@H](N)CCSC)C(C)C1. The zero-order valence-electron chi connectivity index (χ0n) is 11.0. The van der Waals surface area contributed by atoms with Crippen molar-refractivity contribution in [3.63, 3.8) is 0 Å². The van der Waals surface area contributed by atoms with Gasteiger partial charge in [0, 0.05) is 19.7 Å². The van der Waals surface area contributed by atoms with Crippen molar-refractivity contribution in [3.8, 4) is 0 Å². The van der Waals surface area contributed by atoms with Gasteiger partial charge in [0.25, 0.3) is 0 Å². The first-order valence-corrected chi connectivity index (χ1v) is 7.57. The molecular weight excluding hydrogens is 236 g/mol. The fourth-order valence-electron chi connectivity index (χ4n) is 2.25. The summed E-state index contributed by atoms with van der Waals surface area (Å²) in [6.07, 6.45) is 4.91. The molecule has 0 aromatic heterocycles. The first kappa shape index (κ1) is 14.8. The largest absolute Gasteiger partial charge is 0.381 e. The lowest BCUT2D eigenvalue weighted by molar-refractivity contribution is -0.138. The highest BCUT2D eigenvalue weighted by atomic mass is 32.2. The number of carbonyl (C=O) groups is 1. The molecule has 0 saturated carbocycles. The summed E-state index contributed by atoms with van der Waals surface area (Å²) in [6.45, 7) is 2.84. The molecule has 1 saturated heterocycles. The predicted octanol–water partition coefficient (Wildman–Crippen LogP) is 1.09. The van der Waals surface area contributed by atoms with Crippen LogP contribution in [0.4, 0.5) is 0 Å². The third-order valence-corrected chi connectivity index (χ3v) is 4.04. The van der Waals surface area contributed by atoms with E-state index in [0.29, 0.717) is 0 Å². The summed E-state index contributed by atoms with van der Waals surface area (Å²) >= 11 is 1.73. The van der Waals surface area contributed by atoms with Crippen LogP contribution in [0, 0.1) is 0 Å². The number of nitrogens with zero attached hydrogens (tertiary/aromatic N) is 1. The lowest BCUT2D eigenvalue weighted by Gasteiger charge is -2.38. The number of thioether (sulfide) groups is 1. The molecule has 0 spiro atoms. The molecule has 100 valence electrons. The van der Waals surface area contributed by atoms with Gasteiger partial charge in [-0.3, -0.25) is 4.79 Å². The van der Waals surface area contributed by atoms with Crippen molar-refractivity contribution < 1.29 is 9.53 Å². The maximum absolute atomic E-state index is 12.2. The zero-order chi connectivity index (χ0) is 12.8. The minimum absolute atomic E-state index is 0.0982. The van der Waals surface area contributed by atoms with Gasteiger partial charge in [0.05, 0.1) is 12.1 Å². The quantitative estimate of drug-likeness (QED) is 0.804. The number of piperidine rings is 1. The third-order valence-electron chi connectivity index (χ3n) is 3.39. The lowest BCUT2D eigenvalue weighted by Crippen LogP contribution is -2.52. The second-order valence-electron chi connectivity index (χ2n) is 4.65. The van der Waals surface area contributed by atoms with Crippen LogP contribution in [0.25, 0.3) is 0 Å². The number of amides is 1. The summed E-state index contributed by atoms with van der Waals surface area (Å²) in [5.74, 6) is 1.04. The van der Waals surface area contributed by atoms with Crippen molar-refractivity contribution in [2.75, 3.05) is 25.7 Å². The summed E-state index contributed by atoms with van der Waals surface area (Å²) in [7, 11) is 1.74. The van der Waals surface area contributed by atoms with Crippen LogP contribution < -0.4 is 5.73 Å². The molecule has 0 bridgehead atoms. The first-order valence-electron chi connectivity index (χ1n) is 6.18. The Hall–Kier alpha value is -0.260. The molecule has 1 amide bonds. The topological polar surface area (TPSA) is 55.6 Å². The van der Waals surface area contributed by atoms with E-state index in [1.807, 2.05) is 11.2 Å². The molecule has 0 radical (unpaired) electrons. The van der Waals surface area contributed by atoms with Crippen LogP contribution >= 0.6 is 11.8 Å². The van der Waals surface area contributed by atoms with E-state index in [4.69, 9.17) is 10.5 Å². The third kappa shape index (κ3) is 4.16. The summed E-state index contributed by atoms with van der Waals surface area (Å²) in [5, 5.41) is 0. The van der Waals surface area contributed by atoms with Crippen molar-refractivity contribution in [2.24, 2.45) is 5.73 Å². The molecule has 1 heterocycles. The fourth-order valence-corrected chi connectivity index (χ4v) is 2.74. The molecule has 17 heavy (non-hydrogen) atoms. The van der Waals surface area contributed by atoms with Gasteiger partial charge in [-0.05, 0) is 38.2 Å². The monoisotopic (exact) mass is 260 g/mol. The van der Waals surface area contributed by atoms with E-state index in [0.717, 1.165) is 31.6 Å². The van der Waals surface area contributed by atoms with Gasteiger partial charge in [-0.15, -0.1) is 0 Å². The van der Waals surface area contributed by atoms with Crippen LogP contribution in [0.5, 0.6) is 0 Å². The smallest absolute Gasteiger partial charge is 0.239 e. The molecule has 1 aliphatic rings. The number of nitrogens with two attached hydrogens (primary N) is 1. The maximum Gasteiger partial charge on any atom is 0.239 e. The van der Waals surface area contributed by atoms with Crippen molar-refractivity contribution >= 4 is 17.7 Å². The second kappa shape index (κ2) is 7.24. The molecule has 1 rings (SSSR count). The molecule has 0 aromatic rings. The Kier molecular flexibility index (Phi) is 6.30. The lowest BCUT2D eigenvalue weighted by atomic mass is 9.99. The maximum atomic E-state index is 12.2. The Labute approximate surface area is 108 Å². The molecule has 2 unspecified atom stereocenters. The minimum Gasteiger partial charge on any atom is -0.381 e. The van der Waals surface area contributed by atoms with Gasteiger partial charge in [0.15, 0.2) is 0 Å². The van der Waals surface area contributed by atoms with Gasteiger partial charge in [-0.25, -0.2) is 0 Å². The van der Waals surface area contributed by atoms with Gasteiger partial charge < -0.3 is 15.4 Å². The van der Waals surface area contributed by atoms with E-state index < -0.39 is 0 Å². The van der Waals surface area contributed by atoms with Gasteiger partial charge in [0.1, 0.15) is 0 Å². The standard InChI is InChI=1S/C12H24N2O2S/c1-9-8-10(16-2)4-6-14(9)12(15)11(13)5-7-17-3/h9-11H,4-8,13H2,1-3H3/t9?,10?,11-/m1/s1. The van der Waals surface area contributed by atoms with Crippen LogP contribution in [0.2, 0.25) is 0 Å². The van der Waals surface area contributed by atoms with Crippen LogP contribution in [0.15, 0.2) is 0 Å². The zero-order valence-corrected chi connectivity index (χ0v) is 11.8. The molecule has 0 aliphatic carbocycles. The fraction of sp³-hybridized carbons (Fsp3) is 0.917. The number of likely N-dealkylation sites (tertiary alicyclic amines) is 1. The molecule has 4 nitrogen and oxygen atoms in total.